The molecule has 30 heavy (non-hydrogen) atoms. The average molecular weight is 405 g/mol. The smallest absolute Gasteiger partial charge is 0.229 e. The van der Waals surface area contributed by atoms with Gasteiger partial charge in [0.05, 0.1) is 33.2 Å². The minimum atomic E-state index is -0.239. The number of ether oxygens (including phenoxy) is 2. The highest BCUT2D eigenvalue weighted by Gasteiger charge is 2.15. The summed E-state index contributed by atoms with van der Waals surface area (Å²) in [6.07, 6.45) is 3.23. The molecule has 0 aliphatic rings. The maximum atomic E-state index is 12.6. The summed E-state index contributed by atoms with van der Waals surface area (Å²) in [6.45, 7) is 0. The molecule has 0 spiro atoms. The Morgan fingerprint density at radius 3 is 2.33 bits per heavy atom. The molecular formula is C22H19N3O5. The minimum absolute atomic E-state index is 0.135. The fraction of sp³-hybridized carbons (Fsp3) is 0.136. The van der Waals surface area contributed by atoms with E-state index < -0.39 is 0 Å². The van der Waals surface area contributed by atoms with E-state index >= 15 is 0 Å². The van der Waals surface area contributed by atoms with E-state index in [1.807, 2.05) is 6.07 Å². The van der Waals surface area contributed by atoms with Crippen LogP contribution in [0, 0.1) is 0 Å². The first kappa shape index (κ1) is 19.3. The predicted octanol–water partition coefficient (Wildman–Crippen LogP) is 4.20. The van der Waals surface area contributed by atoms with Crippen molar-refractivity contribution >= 4 is 11.7 Å². The van der Waals surface area contributed by atoms with E-state index in [9.17, 15) is 4.79 Å². The second kappa shape index (κ2) is 8.52. The number of benzene rings is 1. The number of carbonyl (C=O) groups excluding carboxylic acids is 1. The Morgan fingerprint density at radius 2 is 1.67 bits per heavy atom. The monoisotopic (exact) mass is 405 g/mol. The van der Waals surface area contributed by atoms with Crippen molar-refractivity contribution in [3.63, 3.8) is 0 Å². The molecule has 4 rings (SSSR count). The number of nitrogens with one attached hydrogen (secondary N) is 1. The molecule has 3 aromatic heterocycles. The minimum Gasteiger partial charge on any atom is -0.493 e. The molecule has 4 aromatic rings. The standard InChI is InChI=1S/C22H19N3O5/c1-27-17-8-7-14(11-19(17)28-2)12-21(26)24-20-13-15(16-5-3-9-29-16)23-22(25-20)18-6-4-10-30-18/h3-11,13H,12H2,1-2H3,(H,23,24,25,26). The van der Waals surface area contributed by atoms with Crippen molar-refractivity contribution in [2.75, 3.05) is 19.5 Å². The lowest BCUT2D eigenvalue weighted by Crippen LogP contribution is -2.16. The van der Waals surface area contributed by atoms with Gasteiger partial charge in [0.1, 0.15) is 11.5 Å². The summed E-state index contributed by atoms with van der Waals surface area (Å²) in [7, 11) is 3.11. The lowest BCUT2D eigenvalue weighted by Gasteiger charge is -2.10. The Balaban J connectivity index is 1.58. The zero-order chi connectivity index (χ0) is 20.9. The fourth-order valence-electron chi connectivity index (χ4n) is 2.94. The van der Waals surface area contributed by atoms with Crippen molar-refractivity contribution in [2.45, 2.75) is 6.42 Å². The lowest BCUT2D eigenvalue weighted by atomic mass is 10.1. The van der Waals surface area contributed by atoms with Crippen molar-refractivity contribution in [1.29, 1.82) is 0 Å². The van der Waals surface area contributed by atoms with E-state index in [1.54, 1.807) is 62.9 Å². The lowest BCUT2D eigenvalue weighted by molar-refractivity contribution is -0.115. The first-order valence-electron chi connectivity index (χ1n) is 9.14. The average Bonchev–Trinajstić information content (AvgIpc) is 3.47. The van der Waals surface area contributed by atoms with Crippen LogP contribution in [0.25, 0.3) is 23.0 Å². The molecule has 8 nitrogen and oxygen atoms in total. The van der Waals surface area contributed by atoms with Crippen LogP contribution in [0.1, 0.15) is 5.56 Å². The summed E-state index contributed by atoms with van der Waals surface area (Å²) in [5.41, 5.74) is 1.31. The van der Waals surface area contributed by atoms with Gasteiger partial charge in [-0.15, -0.1) is 0 Å². The number of hydrogen-bond donors (Lipinski definition) is 1. The van der Waals surface area contributed by atoms with Gasteiger partial charge in [0.15, 0.2) is 28.8 Å². The quantitative estimate of drug-likeness (QED) is 0.492. The van der Waals surface area contributed by atoms with Crippen LogP contribution in [0.4, 0.5) is 5.82 Å². The van der Waals surface area contributed by atoms with E-state index in [1.165, 1.54) is 6.26 Å². The highest BCUT2D eigenvalue weighted by Crippen LogP contribution is 2.28. The SMILES string of the molecule is COc1ccc(CC(=O)Nc2cc(-c3ccco3)nc(-c3ccco3)n2)cc1OC. The van der Waals surface area contributed by atoms with Crippen LogP contribution >= 0.6 is 0 Å². The number of rotatable bonds is 7. The zero-order valence-electron chi connectivity index (χ0n) is 16.4. The molecule has 1 N–H and O–H groups in total. The number of nitrogens with zero attached hydrogens (tertiary/aromatic N) is 2. The van der Waals surface area contributed by atoms with Gasteiger partial charge in [0.2, 0.25) is 5.91 Å². The highest BCUT2D eigenvalue weighted by atomic mass is 16.5. The molecule has 3 heterocycles. The number of hydrogen-bond acceptors (Lipinski definition) is 7. The molecule has 1 aromatic carbocycles. The van der Waals surface area contributed by atoms with Gasteiger partial charge < -0.3 is 23.6 Å². The predicted molar refractivity (Wildman–Crippen MR) is 109 cm³/mol. The first-order valence-corrected chi connectivity index (χ1v) is 9.14. The third-order valence-corrected chi connectivity index (χ3v) is 4.32. The third kappa shape index (κ3) is 4.17. The van der Waals surface area contributed by atoms with Crippen LogP contribution in [-0.2, 0) is 11.2 Å². The molecule has 0 bridgehead atoms. The topological polar surface area (TPSA) is 99.6 Å². The Kier molecular flexibility index (Phi) is 5.47. The number of carbonyl (C=O) groups is 1. The summed E-state index contributed by atoms with van der Waals surface area (Å²) < 4.78 is 21.4. The van der Waals surface area contributed by atoms with E-state index in [0.717, 1.165) is 5.56 Å². The zero-order valence-corrected chi connectivity index (χ0v) is 16.4. The van der Waals surface area contributed by atoms with Crippen LogP contribution in [0.5, 0.6) is 11.5 Å². The molecule has 0 saturated carbocycles. The second-order valence-electron chi connectivity index (χ2n) is 6.33. The molecule has 0 fully saturated rings. The van der Waals surface area contributed by atoms with Crippen LogP contribution in [0.15, 0.2) is 69.9 Å². The Labute approximate surface area is 172 Å². The molecule has 8 heteroatoms. The van der Waals surface area contributed by atoms with Crippen LogP contribution in [0.3, 0.4) is 0 Å². The number of anilines is 1. The second-order valence-corrected chi connectivity index (χ2v) is 6.33. The number of methoxy groups -OCH3 is 2. The van der Waals surface area contributed by atoms with Gasteiger partial charge in [0.25, 0.3) is 0 Å². The van der Waals surface area contributed by atoms with Gasteiger partial charge in [-0.2, -0.15) is 0 Å². The largest absolute Gasteiger partial charge is 0.493 e. The first-order chi connectivity index (χ1) is 14.7. The summed E-state index contributed by atoms with van der Waals surface area (Å²) in [4.78, 5) is 21.5. The summed E-state index contributed by atoms with van der Waals surface area (Å²) in [6, 6.07) is 14.0. The Bertz CT molecular complexity index is 1090. The summed E-state index contributed by atoms with van der Waals surface area (Å²) in [5.74, 6) is 2.65. The van der Waals surface area contributed by atoms with Gasteiger partial charge in [0, 0.05) is 6.07 Å². The van der Waals surface area contributed by atoms with Crippen molar-refractivity contribution in [2.24, 2.45) is 0 Å². The number of aromatic nitrogens is 2. The normalized spacial score (nSPS) is 10.6. The summed E-state index contributed by atoms with van der Waals surface area (Å²) >= 11 is 0. The molecule has 152 valence electrons. The van der Waals surface area contributed by atoms with Gasteiger partial charge in [-0.1, -0.05) is 6.07 Å². The van der Waals surface area contributed by atoms with E-state index in [-0.39, 0.29) is 12.3 Å². The molecule has 0 atom stereocenters. The van der Waals surface area contributed by atoms with Gasteiger partial charge in [-0.25, -0.2) is 9.97 Å². The van der Waals surface area contributed by atoms with E-state index in [4.69, 9.17) is 18.3 Å². The van der Waals surface area contributed by atoms with Crippen molar-refractivity contribution < 1.29 is 23.1 Å². The molecule has 0 saturated heterocycles. The molecule has 0 aliphatic heterocycles. The fourth-order valence-corrected chi connectivity index (χ4v) is 2.94. The van der Waals surface area contributed by atoms with Crippen LogP contribution < -0.4 is 14.8 Å². The number of amides is 1. The maximum absolute atomic E-state index is 12.6. The maximum Gasteiger partial charge on any atom is 0.229 e. The van der Waals surface area contributed by atoms with Crippen molar-refractivity contribution in [3.05, 3.63) is 66.6 Å². The van der Waals surface area contributed by atoms with E-state index in [2.05, 4.69) is 15.3 Å². The van der Waals surface area contributed by atoms with Gasteiger partial charge >= 0.3 is 0 Å². The van der Waals surface area contributed by atoms with Crippen LogP contribution in [-0.4, -0.2) is 30.1 Å². The molecule has 0 radical (unpaired) electrons. The Hall–Kier alpha value is -4.07. The molecule has 0 unspecified atom stereocenters. The number of furan rings is 2. The van der Waals surface area contributed by atoms with Gasteiger partial charge in [-0.3, -0.25) is 4.79 Å². The summed E-state index contributed by atoms with van der Waals surface area (Å²) in [5, 5.41) is 2.82. The molecule has 0 aliphatic carbocycles. The van der Waals surface area contributed by atoms with Crippen molar-refractivity contribution in [1.82, 2.24) is 9.97 Å². The third-order valence-electron chi connectivity index (χ3n) is 4.32. The van der Waals surface area contributed by atoms with Gasteiger partial charge in [-0.05, 0) is 42.0 Å². The molecular weight excluding hydrogens is 386 g/mol. The highest BCUT2D eigenvalue weighted by molar-refractivity contribution is 5.92. The Morgan fingerprint density at radius 1 is 0.933 bits per heavy atom. The molecule has 1 amide bonds. The van der Waals surface area contributed by atoms with Crippen LogP contribution in [0.2, 0.25) is 0 Å². The van der Waals surface area contributed by atoms with Crippen molar-refractivity contribution in [3.8, 4) is 34.5 Å². The van der Waals surface area contributed by atoms with E-state index in [0.29, 0.717) is 40.4 Å².